The maximum Gasteiger partial charge on any atom is 0.301 e. The Labute approximate surface area is 241 Å². The van der Waals surface area contributed by atoms with Crippen LogP contribution in [0.3, 0.4) is 0 Å². The van der Waals surface area contributed by atoms with Gasteiger partial charge >= 0.3 is 10.2 Å². The van der Waals surface area contributed by atoms with Gasteiger partial charge in [-0.3, -0.25) is 14.1 Å². The van der Waals surface area contributed by atoms with Gasteiger partial charge in [-0.05, 0) is 48.9 Å². The van der Waals surface area contributed by atoms with Crippen molar-refractivity contribution in [1.82, 2.24) is 23.8 Å². The molecule has 210 valence electrons. The van der Waals surface area contributed by atoms with Crippen LogP contribution in [0.2, 0.25) is 5.02 Å². The van der Waals surface area contributed by atoms with Crippen LogP contribution in [0, 0.1) is 0 Å². The number of fused-ring (bicyclic) bond motifs is 1. The van der Waals surface area contributed by atoms with Crippen molar-refractivity contribution in [2.75, 3.05) is 29.9 Å². The second kappa shape index (κ2) is 11.2. The summed E-state index contributed by atoms with van der Waals surface area (Å²) >= 11 is 6.41. The molecule has 0 aliphatic heterocycles. The number of halogens is 1. The first-order valence-corrected chi connectivity index (χ1v) is 14.3. The van der Waals surface area contributed by atoms with Gasteiger partial charge in [0.05, 0.1) is 33.3 Å². The molecule has 0 unspecified atom stereocenters. The van der Waals surface area contributed by atoms with Gasteiger partial charge in [-0.2, -0.15) is 17.7 Å². The van der Waals surface area contributed by atoms with Crippen LogP contribution in [0.15, 0.2) is 83.8 Å². The molecule has 0 radical (unpaired) electrons. The average Bonchev–Trinajstić information content (AvgIpc) is 2.93. The topological polar surface area (TPSA) is 148 Å². The van der Waals surface area contributed by atoms with E-state index >= 15 is 0 Å². The molecule has 0 spiro atoms. The minimum atomic E-state index is -3.71. The van der Waals surface area contributed by atoms with Gasteiger partial charge in [0.15, 0.2) is 0 Å². The molecular formula is C28H27ClN8O3S. The van der Waals surface area contributed by atoms with Crippen molar-refractivity contribution in [2.45, 2.75) is 13.0 Å². The molecule has 5 aromatic rings. The van der Waals surface area contributed by atoms with Gasteiger partial charge in [0.2, 0.25) is 5.95 Å². The first kappa shape index (κ1) is 28.0. The van der Waals surface area contributed by atoms with E-state index < -0.39 is 16.3 Å². The van der Waals surface area contributed by atoms with Gasteiger partial charge in [0, 0.05) is 25.9 Å². The molecule has 0 bridgehead atoms. The van der Waals surface area contributed by atoms with Gasteiger partial charge in [-0.25, -0.2) is 9.97 Å². The number of hydrogen-bond acceptors (Lipinski definition) is 8. The van der Waals surface area contributed by atoms with E-state index in [0.29, 0.717) is 50.1 Å². The van der Waals surface area contributed by atoms with E-state index in [9.17, 15) is 13.2 Å². The Hall–Kier alpha value is -4.52. The Balaban J connectivity index is 1.60. The Bertz CT molecular complexity index is 1910. The fourth-order valence-electron chi connectivity index (χ4n) is 4.30. The molecule has 1 atom stereocenters. The van der Waals surface area contributed by atoms with Crippen LogP contribution >= 0.6 is 11.6 Å². The van der Waals surface area contributed by atoms with Crippen molar-refractivity contribution < 1.29 is 8.42 Å². The van der Waals surface area contributed by atoms with E-state index in [4.69, 9.17) is 22.3 Å². The summed E-state index contributed by atoms with van der Waals surface area (Å²) in [5, 5.41) is 3.97. The van der Waals surface area contributed by atoms with Gasteiger partial charge in [0.25, 0.3) is 5.56 Å². The quantitative estimate of drug-likeness (QED) is 0.240. The zero-order valence-electron chi connectivity index (χ0n) is 22.4. The van der Waals surface area contributed by atoms with E-state index in [-0.39, 0.29) is 11.5 Å². The second-order valence-electron chi connectivity index (χ2n) is 9.41. The number of benzene rings is 3. The molecule has 41 heavy (non-hydrogen) atoms. The van der Waals surface area contributed by atoms with Crippen molar-refractivity contribution in [3.8, 4) is 16.8 Å². The summed E-state index contributed by atoms with van der Waals surface area (Å²) in [6, 6.07) is 20.6. The lowest BCUT2D eigenvalue weighted by Gasteiger charge is -2.21. The predicted octanol–water partition coefficient (Wildman–Crippen LogP) is 4.47. The van der Waals surface area contributed by atoms with Crippen molar-refractivity contribution in [3.05, 3.63) is 100 Å². The zero-order valence-corrected chi connectivity index (χ0v) is 24.0. The van der Waals surface area contributed by atoms with Crippen molar-refractivity contribution in [2.24, 2.45) is 0 Å². The van der Waals surface area contributed by atoms with Crippen molar-refractivity contribution >= 4 is 50.2 Å². The molecule has 3 aromatic carbocycles. The van der Waals surface area contributed by atoms with E-state index in [1.807, 2.05) is 37.3 Å². The summed E-state index contributed by atoms with van der Waals surface area (Å²) in [5.74, 6) is 0.830. The highest BCUT2D eigenvalue weighted by Crippen LogP contribution is 2.31. The Morgan fingerprint density at radius 3 is 2.46 bits per heavy atom. The van der Waals surface area contributed by atoms with Crippen LogP contribution in [0.5, 0.6) is 0 Å². The van der Waals surface area contributed by atoms with E-state index in [0.717, 1.165) is 4.31 Å². The minimum absolute atomic E-state index is 0.0339. The third kappa shape index (κ3) is 5.71. The van der Waals surface area contributed by atoms with Crippen molar-refractivity contribution in [3.63, 3.8) is 0 Å². The Morgan fingerprint density at radius 2 is 1.73 bits per heavy atom. The monoisotopic (exact) mass is 590 g/mol. The lowest BCUT2D eigenvalue weighted by molar-refractivity contribution is 0.527. The molecular weight excluding hydrogens is 564 g/mol. The smallest absolute Gasteiger partial charge is 0.301 e. The highest BCUT2D eigenvalue weighted by atomic mass is 35.5. The summed E-state index contributed by atoms with van der Waals surface area (Å²) in [7, 11) is -0.837. The fraction of sp³-hybridized carbons (Fsp3) is 0.143. The molecule has 0 amide bonds. The number of nitrogens with zero attached hydrogens (tertiary/aromatic N) is 5. The average molecular weight is 591 g/mol. The van der Waals surface area contributed by atoms with E-state index in [1.165, 1.54) is 18.7 Å². The predicted molar refractivity (Wildman–Crippen MR) is 162 cm³/mol. The van der Waals surface area contributed by atoms with Crippen LogP contribution in [-0.4, -0.2) is 46.3 Å². The molecule has 0 saturated heterocycles. The third-order valence-electron chi connectivity index (χ3n) is 6.34. The van der Waals surface area contributed by atoms with Gasteiger partial charge in [-0.15, -0.1) is 0 Å². The largest absolute Gasteiger partial charge is 0.368 e. The van der Waals surface area contributed by atoms with Crippen LogP contribution in [0.1, 0.15) is 18.8 Å². The van der Waals surface area contributed by atoms with Gasteiger partial charge < -0.3 is 11.1 Å². The highest BCUT2D eigenvalue weighted by Gasteiger charge is 2.21. The van der Waals surface area contributed by atoms with Gasteiger partial charge in [-0.1, -0.05) is 48.0 Å². The highest BCUT2D eigenvalue weighted by molar-refractivity contribution is 7.90. The molecule has 0 aliphatic carbocycles. The van der Waals surface area contributed by atoms with Crippen LogP contribution < -0.4 is 21.3 Å². The first-order chi connectivity index (χ1) is 19.5. The number of nitrogens with two attached hydrogens (primary N) is 1. The lowest BCUT2D eigenvalue weighted by atomic mass is 10.1. The SMILES string of the molecule is C[C@@H](Nc1nc(N)ncc1-c1cccc(NS(=O)(=O)N(C)C)c1)c1nc2cccc(Cl)c2c(=O)n1-c1ccccc1. The molecule has 13 heteroatoms. The zero-order chi connectivity index (χ0) is 29.3. The first-order valence-electron chi connectivity index (χ1n) is 12.5. The number of hydrogen-bond donors (Lipinski definition) is 3. The number of nitrogens with one attached hydrogen (secondary N) is 2. The minimum Gasteiger partial charge on any atom is -0.368 e. The summed E-state index contributed by atoms with van der Waals surface area (Å²) < 4.78 is 29.9. The van der Waals surface area contributed by atoms with Gasteiger partial charge in [0.1, 0.15) is 11.6 Å². The summed E-state index contributed by atoms with van der Waals surface area (Å²) in [6.45, 7) is 1.85. The number of nitrogen functional groups attached to an aromatic ring is 1. The van der Waals surface area contributed by atoms with E-state index in [1.54, 1.807) is 48.7 Å². The number of aromatic nitrogens is 4. The normalized spacial score (nSPS) is 12.4. The number of para-hydroxylation sites is 1. The maximum atomic E-state index is 13.8. The Kier molecular flexibility index (Phi) is 7.63. The summed E-state index contributed by atoms with van der Waals surface area (Å²) in [4.78, 5) is 27.2. The molecule has 5 rings (SSSR count). The second-order valence-corrected chi connectivity index (χ2v) is 11.7. The third-order valence-corrected chi connectivity index (χ3v) is 8.11. The molecule has 2 aromatic heterocycles. The fourth-order valence-corrected chi connectivity index (χ4v) is 5.16. The van der Waals surface area contributed by atoms with E-state index in [2.05, 4.69) is 20.0 Å². The molecule has 2 heterocycles. The molecule has 11 nitrogen and oxygen atoms in total. The molecule has 0 aliphatic rings. The number of anilines is 3. The summed E-state index contributed by atoms with van der Waals surface area (Å²) in [5.41, 5.74) is 8.29. The van der Waals surface area contributed by atoms with Crippen LogP contribution in [0.25, 0.3) is 27.7 Å². The lowest BCUT2D eigenvalue weighted by Crippen LogP contribution is -2.28. The summed E-state index contributed by atoms with van der Waals surface area (Å²) in [6.07, 6.45) is 1.55. The van der Waals surface area contributed by atoms with Crippen LogP contribution in [0.4, 0.5) is 17.5 Å². The molecule has 0 fully saturated rings. The molecule has 4 N–H and O–H groups in total. The standard InChI is InChI=1S/C28H27ClN8O3S/c1-17(26-33-23-14-8-13-22(29)24(23)27(38)37(26)20-11-5-4-6-12-20)32-25-21(16-31-28(30)34-25)18-9-7-10-19(15-18)35-41(39,40)36(2)3/h4-17,35H,1-3H3,(H3,30,31,32,34)/t17-/m1/s1. The number of rotatable bonds is 8. The maximum absolute atomic E-state index is 13.8. The molecule has 0 saturated carbocycles. The van der Waals surface area contributed by atoms with Crippen LogP contribution in [-0.2, 0) is 10.2 Å². The van der Waals surface area contributed by atoms with Crippen molar-refractivity contribution in [1.29, 1.82) is 0 Å². The Morgan fingerprint density at radius 1 is 1.00 bits per heavy atom.